The largest absolute Gasteiger partial charge is 0.352 e. The molecule has 5 nitrogen and oxygen atoms in total. The van der Waals surface area contributed by atoms with Crippen molar-refractivity contribution in [1.82, 2.24) is 15.5 Å². The molecule has 2 aromatic carbocycles. The van der Waals surface area contributed by atoms with Crippen LogP contribution in [-0.2, 0) is 11.3 Å². The topological polar surface area (TPSA) is 61.4 Å². The first-order valence-electron chi connectivity index (χ1n) is 10.2. The van der Waals surface area contributed by atoms with Gasteiger partial charge in [-0.25, -0.2) is 13.6 Å². The molecule has 0 radical (unpaired) electrons. The Kier molecular flexibility index (Phi) is 7.03. The number of benzene rings is 2. The fourth-order valence-corrected chi connectivity index (χ4v) is 3.85. The van der Waals surface area contributed by atoms with Crippen LogP contribution in [0.3, 0.4) is 0 Å². The van der Waals surface area contributed by atoms with Gasteiger partial charge in [0.15, 0.2) is 0 Å². The first-order chi connectivity index (χ1) is 14.4. The van der Waals surface area contributed by atoms with Gasteiger partial charge in [0.2, 0.25) is 5.91 Å². The second kappa shape index (κ2) is 9.69. The van der Waals surface area contributed by atoms with E-state index in [0.29, 0.717) is 30.6 Å². The van der Waals surface area contributed by atoms with Crippen molar-refractivity contribution in [2.75, 3.05) is 19.6 Å². The van der Waals surface area contributed by atoms with E-state index in [2.05, 4.69) is 10.6 Å². The molecule has 2 atom stereocenters. The summed E-state index contributed by atoms with van der Waals surface area (Å²) in [5.74, 6) is -1.41. The molecule has 2 aromatic rings. The molecule has 160 valence electrons. The van der Waals surface area contributed by atoms with E-state index < -0.39 is 5.92 Å². The van der Waals surface area contributed by atoms with Crippen molar-refractivity contribution < 1.29 is 18.4 Å². The Morgan fingerprint density at radius 2 is 1.83 bits per heavy atom. The molecule has 30 heavy (non-hydrogen) atoms. The zero-order chi connectivity index (χ0) is 21.7. The summed E-state index contributed by atoms with van der Waals surface area (Å²) in [6.07, 6.45) is 0.532. The van der Waals surface area contributed by atoms with Gasteiger partial charge in [-0.15, -0.1) is 0 Å². The van der Waals surface area contributed by atoms with E-state index in [0.717, 1.165) is 5.56 Å². The Labute approximate surface area is 175 Å². The van der Waals surface area contributed by atoms with Gasteiger partial charge < -0.3 is 15.5 Å². The summed E-state index contributed by atoms with van der Waals surface area (Å²) in [5.41, 5.74) is 1.84. The fourth-order valence-electron chi connectivity index (χ4n) is 3.85. The highest BCUT2D eigenvalue weighted by atomic mass is 19.1. The lowest BCUT2D eigenvalue weighted by Crippen LogP contribution is -2.51. The molecule has 0 saturated carbocycles. The highest BCUT2D eigenvalue weighted by Crippen LogP contribution is 2.31. The number of hydrogen-bond acceptors (Lipinski definition) is 2. The number of rotatable bonds is 5. The summed E-state index contributed by atoms with van der Waals surface area (Å²) < 4.78 is 27.5. The third kappa shape index (κ3) is 5.14. The van der Waals surface area contributed by atoms with Crippen LogP contribution in [0.4, 0.5) is 13.6 Å². The predicted octanol–water partition coefficient (Wildman–Crippen LogP) is 3.72. The Bertz CT molecular complexity index is 919. The van der Waals surface area contributed by atoms with E-state index in [1.165, 1.54) is 12.1 Å². The summed E-state index contributed by atoms with van der Waals surface area (Å²) in [5, 5.41) is 5.57. The molecule has 0 spiro atoms. The van der Waals surface area contributed by atoms with E-state index in [1.807, 2.05) is 6.92 Å². The van der Waals surface area contributed by atoms with Gasteiger partial charge >= 0.3 is 6.03 Å². The molecule has 0 aromatic heterocycles. The molecule has 0 aliphatic carbocycles. The second-order valence-corrected chi connectivity index (χ2v) is 7.69. The monoisotopic (exact) mass is 415 g/mol. The minimum atomic E-state index is -0.441. The average molecular weight is 415 g/mol. The van der Waals surface area contributed by atoms with Gasteiger partial charge in [-0.2, -0.15) is 0 Å². The standard InChI is InChI=1S/C23H27F2N3O2/c1-3-26-23(30)28-13-18(16-8-9-20(24)15(2)10-16)11-19(14-28)22(29)27-12-17-6-4-5-7-21(17)25/h4-10,18-19H,3,11-14H2,1-2H3,(H,26,30)(H,27,29)/t18-,19+/m1/s1. The first kappa shape index (κ1) is 21.7. The van der Waals surface area contributed by atoms with E-state index in [4.69, 9.17) is 0 Å². The summed E-state index contributed by atoms with van der Waals surface area (Å²) >= 11 is 0. The molecule has 1 heterocycles. The van der Waals surface area contributed by atoms with Gasteiger partial charge in [-0.1, -0.05) is 30.3 Å². The predicted molar refractivity (Wildman–Crippen MR) is 111 cm³/mol. The Balaban J connectivity index is 1.76. The zero-order valence-corrected chi connectivity index (χ0v) is 17.3. The molecule has 1 aliphatic heterocycles. The molecule has 3 amide bonds. The number of halogens is 2. The number of hydrogen-bond donors (Lipinski definition) is 2. The fraction of sp³-hybridized carbons (Fsp3) is 0.391. The van der Waals surface area contributed by atoms with Crippen LogP contribution in [-0.4, -0.2) is 36.5 Å². The number of urea groups is 1. The van der Waals surface area contributed by atoms with Crippen LogP contribution in [0.15, 0.2) is 42.5 Å². The highest BCUT2D eigenvalue weighted by molar-refractivity contribution is 5.81. The number of carbonyl (C=O) groups excluding carboxylic acids is 2. The van der Waals surface area contributed by atoms with Crippen molar-refractivity contribution in [1.29, 1.82) is 0 Å². The quantitative estimate of drug-likeness (QED) is 0.782. The number of nitrogens with one attached hydrogen (secondary N) is 2. The lowest BCUT2D eigenvalue weighted by atomic mass is 9.83. The Morgan fingerprint density at radius 3 is 2.53 bits per heavy atom. The first-order valence-corrected chi connectivity index (χ1v) is 10.2. The molecule has 1 saturated heterocycles. The number of aryl methyl sites for hydroxylation is 1. The highest BCUT2D eigenvalue weighted by Gasteiger charge is 2.34. The van der Waals surface area contributed by atoms with Crippen molar-refractivity contribution in [2.45, 2.75) is 32.7 Å². The third-order valence-electron chi connectivity index (χ3n) is 5.50. The lowest BCUT2D eigenvalue weighted by Gasteiger charge is -2.37. The summed E-state index contributed by atoms with van der Waals surface area (Å²) in [7, 11) is 0. The van der Waals surface area contributed by atoms with Gasteiger partial charge in [-0.05, 0) is 43.5 Å². The van der Waals surface area contributed by atoms with Gasteiger partial charge in [-0.3, -0.25) is 4.79 Å². The van der Waals surface area contributed by atoms with Crippen molar-refractivity contribution in [3.63, 3.8) is 0 Å². The van der Waals surface area contributed by atoms with E-state index >= 15 is 0 Å². The van der Waals surface area contributed by atoms with Crippen LogP contribution in [0.1, 0.15) is 36.0 Å². The number of likely N-dealkylation sites (tertiary alicyclic amines) is 1. The number of piperidine rings is 1. The minimum Gasteiger partial charge on any atom is -0.352 e. The SMILES string of the molecule is CCNC(=O)N1C[C@@H](C(=O)NCc2ccccc2F)C[C@@H](c2ccc(F)c(C)c2)C1. The lowest BCUT2D eigenvalue weighted by molar-refractivity contribution is -0.126. The maximum absolute atomic E-state index is 13.8. The van der Waals surface area contributed by atoms with E-state index in [-0.39, 0.29) is 42.6 Å². The van der Waals surface area contributed by atoms with Crippen LogP contribution in [0.25, 0.3) is 0 Å². The van der Waals surface area contributed by atoms with Gasteiger partial charge in [0, 0.05) is 37.7 Å². The van der Waals surface area contributed by atoms with Gasteiger partial charge in [0.05, 0.1) is 5.92 Å². The van der Waals surface area contributed by atoms with Crippen LogP contribution >= 0.6 is 0 Å². The van der Waals surface area contributed by atoms with E-state index in [9.17, 15) is 18.4 Å². The molecule has 7 heteroatoms. The van der Waals surface area contributed by atoms with Crippen molar-refractivity contribution >= 4 is 11.9 Å². The molecular weight excluding hydrogens is 388 g/mol. The minimum absolute atomic E-state index is 0.0868. The number of amides is 3. The maximum Gasteiger partial charge on any atom is 0.317 e. The molecule has 3 rings (SSSR count). The Morgan fingerprint density at radius 1 is 1.07 bits per heavy atom. The summed E-state index contributed by atoms with van der Waals surface area (Å²) in [6.45, 7) is 4.84. The summed E-state index contributed by atoms with van der Waals surface area (Å²) in [6, 6.07) is 11.0. The van der Waals surface area contributed by atoms with Crippen LogP contribution < -0.4 is 10.6 Å². The molecular formula is C23H27F2N3O2. The summed E-state index contributed by atoms with van der Waals surface area (Å²) in [4.78, 5) is 26.9. The van der Waals surface area contributed by atoms with Crippen LogP contribution in [0.5, 0.6) is 0 Å². The zero-order valence-electron chi connectivity index (χ0n) is 17.3. The molecule has 1 aliphatic rings. The molecule has 1 fully saturated rings. The van der Waals surface area contributed by atoms with Crippen LogP contribution in [0.2, 0.25) is 0 Å². The smallest absolute Gasteiger partial charge is 0.317 e. The Hall–Kier alpha value is -2.96. The molecule has 0 unspecified atom stereocenters. The average Bonchev–Trinajstić information content (AvgIpc) is 2.74. The van der Waals surface area contributed by atoms with Crippen molar-refractivity contribution in [3.8, 4) is 0 Å². The van der Waals surface area contributed by atoms with Crippen LogP contribution in [0, 0.1) is 24.5 Å². The van der Waals surface area contributed by atoms with Gasteiger partial charge in [0.1, 0.15) is 11.6 Å². The normalized spacial score (nSPS) is 18.7. The number of nitrogens with zero attached hydrogens (tertiary/aromatic N) is 1. The molecule has 0 bridgehead atoms. The van der Waals surface area contributed by atoms with Gasteiger partial charge in [0.25, 0.3) is 0 Å². The number of carbonyl (C=O) groups is 2. The maximum atomic E-state index is 13.8. The third-order valence-corrected chi connectivity index (χ3v) is 5.50. The second-order valence-electron chi connectivity index (χ2n) is 7.69. The van der Waals surface area contributed by atoms with E-state index in [1.54, 1.807) is 42.2 Å². The molecule has 2 N–H and O–H groups in total. The van der Waals surface area contributed by atoms with Crippen molar-refractivity contribution in [2.24, 2.45) is 5.92 Å². The van der Waals surface area contributed by atoms with Crippen molar-refractivity contribution in [3.05, 3.63) is 70.8 Å².